The molecule has 1 fully saturated rings. The van der Waals surface area contributed by atoms with Gasteiger partial charge in [-0.15, -0.1) is 0 Å². The highest BCUT2D eigenvalue weighted by atomic mass is 32.1. The lowest BCUT2D eigenvalue weighted by Crippen LogP contribution is -2.50. The molecule has 0 bridgehead atoms. The summed E-state index contributed by atoms with van der Waals surface area (Å²) in [6.45, 7) is 7.14. The Morgan fingerprint density at radius 3 is 2.90 bits per heavy atom. The van der Waals surface area contributed by atoms with E-state index in [0.717, 1.165) is 22.6 Å². The number of anilines is 1. The van der Waals surface area contributed by atoms with Gasteiger partial charge in [0.05, 0.1) is 30.9 Å². The molecule has 2 rings (SSSR count). The standard InChI is InChI=1S/C14H21N3O2S/c1-8-4-9(2)16-14(12(8)13(15)20)17-5-11(6-18)19-7-10(17)3/h4,10-11,18H,5-7H2,1-3H3,(H2,15,20). The van der Waals surface area contributed by atoms with E-state index in [1.54, 1.807) is 0 Å². The first-order valence-electron chi connectivity index (χ1n) is 6.71. The fraction of sp³-hybridized carbons (Fsp3) is 0.571. The van der Waals surface area contributed by atoms with Gasteiger partial charge < -0.3 is 20.5 Å². The number of morpholine rings is 1. The van der Waals surface area contributed by atoms with E-state index in [2.05, 4.69) is 16.8 Å². The van der Waals surface area contributed by atoms with Crippen molar-refractivity contribution in [3.8, 4) is 0 Å². The Morgan fingerprint density at radius 1 is 1.60 bits per heavy atom. The van der Waals surface area contributed by atoms with Crippen molar-refractivity contribution in [2.75, 3.05) is 24.7 Å². The highest BCUT2D eigenvalue weighted by Crippen LogP contribution is 2.26. The summed E-state index contributed by atoms with van der Waals surface area (Å²) in [7, 11) is 0. The highest BCUT2D eigenvalue weighted by molar-refractivity contribution is 7.80. The van der Waals surface area contributed by atoms with E-state index >= 15 is 0 Å². The maximum Gasteiger partial charge on any atom is 0.139 e. The van der Waals surface area contributed by atoms with Crippen LogP contribution in [0.2, 0.25) is 0 Å². The maximum absolute atomic E-state index is 9.31. The molecule has 2 atom stereocenters. The smallest absolute Gasteiger partial charge is 0.139 e. The number of nitrogens with zero attached hydrogens (tertiary/aromatic N) is 2. The zero-order valence-electron chi connectivity index (χ0n) is 12.1. The van der Waals surface area contributed by atoms with Crippen molar-refractivity contribution in [2.45, 2.75) is 32.9 Å². The van der Waals surface area contributed by atoms with Gasteiger partial charge in [0.15, 0.2) is 0 Å². The zero-order valence-corrected chi connectivity index (χ0v) is 12.9. The summed E-state index contributed by atoms with van der Waals surface area (Å²) < 4.78 is 5.57. The van der Waals surface area contributed by atoms with Gasteiger partial charge in [0.2, 0.25) is 0 Å². The molecule has 110 valence electrons. The summed E-state index contributed by atoms with van der Waals surface area (Å²) >= 11 is 5.18. The van der Waals surface area contributed by atoms with Crippen LogP contribution in [0.1, 0.15) is 23.7 Å². The number of aliphatic hydroxyl groups excluding tert-OH is 1. The van der Waals surface area contributed by atoms with Crippen molar-refractivity contribution in [1.29, 1.82) is 0 Å². The van der Waals surface area contributed by atoms with Gasteiger partial charge in [0.1, 0.15) is 10.8 Å². The third-order valence-electron chi connectivity index (χ3n) is 3.55. The van der Waals surface area contributed by atoms with Crippen LogP contribution in [-0.4, -0.2) is 47.0 Å². The van der Waals surface area contributed by atoms with Gasteiger partial charge in [0.25, 0.3) is 0 Å². The van der Waals surface area contributed by atoms with E-state index in [4.69, 9.17) is 22.7 Å². The highest BCUT2D eigenvalue weighted by Gasteiger charge is 2.29. The molecule has 2 heterocycles. The van der Waals surface area contributed by atoms with Crippen LogP contribution in [0.25, 0.3) is 0 Å². The fourth-order valence-electron chi connectivity index (χ4n) is 2.55. The first-order valence-corrected chi connectivity index (χ1v) is 7.12. The lowest BCUT2D eigenvalue weighted by Gasteiger charge is -2.39. The number of aliphatic hydroxyl groups is 1. The number of pyridine rings is 1. The number of aryl methyl sites for hydroxylation is 2. The van der Waals surface area contributed by atoms with Crippen molar-refractivity contribution in [1.82, 2.24) is 4.98 Å². The second kappa shape index (κ2) is 6.03. The number of thiocarbonyl (C=S) groups is 1. The van der Waals surface area contributed by atoms with Crippen molar-refractivity contribution in [2.24, 2.45) is 5.73 Å². The molecule has 1 saturated heterocycles. The monoisotopic (exact) mass is 295 g/mol. The van der Waals surface area contributed by atoms with Gasteiger partial charge in [0, 0.05) is 12.2 Å². The minimum Gasteiger partial charge on any atom is -0.394 e. The Morgan fingerprint density at radius 2 is 2.30 bits per heavy atom. The molecule has 0 aromatic carbocycles. The molecule has 0 saturated carbocycles. The van der Waals surface area contributed by atoms with Crippen LogP contribution < -0.4 is 10.6 Å². The van der Waals surface area contributed by atoms with E-state index in [1.807, 2.05) is 19.9 Å². The molecule has 1 aromatic heterocycles. The van der Waals surface area contributed by atoms with Crippen LogP contribution in [0.4, 0.5) is 5.82 Å². The normalized spacial score (nSPS) is 22.9. The van der Waals surface area contributed by atoms with Crippen molar-refractivity contribution in [3.63, 3.8) is 0 Å². The molecule has 0 aliphatic carbocycles. The number of rotatable bonds is 3. The molecule has 2 unspecified atom stereocenters. The summed E-state index contributed by atoms with van der Waals surface area (Å²) in [4.78, 5) is 7.09. The van der Waals surface area contributed by atoms with Crippen LogP contribution in [0.5, 0.6) is 0 Å². The Balaban J connectivity index is 2.47. The summed E-state index contributed by atoms with van der Waals surface area (Å²) in [5.74, 6) is 0.796. The SMILES string of the molecule is Cc1cc(C)c(C(N)=S)c(N2CC(CO)OCC2C)n1. The van der Waals surface area contributed by atoms with E-state index in [1.165, 1.54) is 0 Å². The van der Waals surface area contributed by atoms with E-state index in [0.29, 0.717) is 18.1 Å². The number of aromatic nitrogens is 1. The van der Waals surface area contributed by atoms with Gasteiger partial charge in [-0.3, -0.25) is 0 Å². The summed E-state index contributed by atoms with van der Waals surface area (Å²) in [5.41, 5.74) is 8.64. The summed E-state index contributed by atoms with van der Waals surface area (Å²) in [6.07, 6.45) is -0.201. The van der Waals surface area contributed by atoms with Crippen LogP contribution in [0, 0.1) is 13.8 Å². The second-order valence-electron chi connectivity index (χ2n) is 5.28. The minimum atomic E-state index is -0.201. The van der Waals surface area contributed by atoms with Gasteiger partial charge in [-0.1, -0.05) is 12.2 Å². The second-order valence-corrected chi connectivity index (χ2v) is 5.72. The molecule has 0 amide bonds. The van der Waals surface area contributed by atoms with Crippen molar-refractivity contribution >= 4 is 23.0 Å². The van der Waals surface area contributed by atoms with Crippen LogP contribution in [-0.2, 0) is 4.74 Å². The minimum absolute atomic E-state index is 0.00355. The molecule has 1 aliphatic rings. The van der Waals surface area contributed by atoms with Gasteiger partial charge in [-0.2, -0.15) is 0 Å². The first-order chi connectivity index (χ1) is 9.43. The third kappa shape index (κ3) is 2.92. The van der Waals surface area contributed by atoms with Crippen LogP contribution in [0.3, 0.4) is 0 Å². The predicted octanol–water partition coefficient (Wildman–Crippen LogP) is 0.919. The average molecular weight is 295 g/mol. The average Bonchev–Trinajstić information content (AvgIpc) is 2.37. The Kier molecular flexibility index (Phi) is 4.57. The largest absolute Gasteiger partial charge is 0.394 e. The Labute approximate surface area is 124 Å². The molecule has 0 radical (unpaired) electrons. The van der Waals surface area contributed by atoms with Gasteiger partial charge in [-0.05, 0) is 32.4 Å². The van der Waals surface area contributed by atoms with Crippen molar-refractivity contribution < 1.29 is 9.84 Å². The van der Waals surface area contributed by atoms with Crippen LogP contribution >= 0.6 is 12.2 Å². The Hall–Kier alpha value is -1.24. The molecule has 0 spiro atoms. The number of hydrogen-bond acceptors (Lipinski definition) is 5. The quantitative estimate of drug-likeness (QED) is 0.808. The van der Waals surface area contributed by atoms with Crippen molar-refractivity contribution in [3.05, 3.63) is 22.9 Å². The van der Waals surface area contributed by atoms with E-state index < -0.39 is 0 Å². The molecule has 5 nitrogen and oxygen atoms in total. The Bertz CT molecular complexity index is 521. The zero-order chi connectivity index (χ0) is 14.9. The molecular formula is C14H21N3O2S. The molecule has 1 aromatic rings. The lowest BCUT2D eigenvalue weighted by molar-refractivity contribution is -0.0105. The molecule has 20 heavy (non-hydrogen) atoms. The summed E-state index contributed by atoms with van der Waals surface area (Å²) in [5, 5.41) is 9.31. The lowest BCUT2D eigenvalue weighted by atomic mass is 10.1. The van der Waals surface area contributed by atoms with Gasteiger partial charge >= 0.3 is 0 Å². The first kappa shape index (κ1) is 15.2. The predicted molar refractivity (Wildman–Crippen MR) is 83.2 cm³/mol. The molecule has 6 heteroatoms. The van der Waals surface area contributed by atoms with Gasteiger partial charge in [-0.25, -0.2) is 4.98 Å². The number of nitrogens with two attached hydrogens (primary N) is 1. The maximum atomic E-state index is 9.31. The summed E-state index contributed by atoms with van der Waals surface area (Å²) in [6, 6.07) is 2.15. The molecule has 3 N–H and O–H groups in total. The number of ether oxygens (including phenoxy) is 1. The fourth-order valence-corrected chi connectivity index (χ4v) is 2.80. The molecule has 1 aliphatic heterocycles. The third-order valence-corrected chi connectivity index (χ3v) is 3.76. The molecular weight excluding hydrogens is 274 g/mol. The number of hydrogen-bond donors (Lipinski definition) is 2. The topological polar surface area (TPSA) is 71.6 Å². The van der Waals surface area contributed by atoms with Crippen LogP contribution in [0.15, 0.2) is 6.07 Å². The van der Waals surface area contributed by atoms with E-state index in [-0.39, 0.29) is 18.8 Å². The van der Waals surface area contributed by atoms with E-state index in [9.17, 15) is 5.11 Å².